The molecule has 0 atom stereocenters. The van der Waals surface area contributed by atoms with Crippen LogP contribution in [0.15, 0.2) is 4.99 Å². The van der Waals surface area contributed by atoms with E-state index in [0.29, 0.717) is 5.41 Å². The maximum absolute atomic E-state index is 4.45. The lowest BCUT2D eigenvalue weighted by Gasteiger charge is -2.29. The van der Waals surface area contributed by atoms with Gasteiger partial charge in [0, 0.05) is 26.7 Å². The zero-order valence-electron chi connectivity index (χ0n) is 14.2. The van der Waals surface area contributed by atoms with Crippen molar-refractivity contribution in [1.29, 1.82) is 0 Å². The first-order chi connectivity index (χ1) is 9.50. The Hall–Kier alpha value is -0.0400. The summed E-state index contributed by atoms with van der Waals surface area (Å²) in [6.45, 7) is 10.6. The summed E-state index contributed by atoms with van der Waals surface area (Å²) in [5.41, 5.74) is 0.436. The molecular weight excluding hydrogens is 375 g/mol. The van der Waals surface area contributed by atoms with Gasteiger partial charge in [-0.25, -0.2) is 0 Å². The summed E-state index contributed by atoms with van der Waals surface area (Å²) in [7, 11) is 4.13. The van der Waals surface area contributed by atoms with Gasteiger partial charge in [0.25, 0.3) is 0 Å². The molecule has 2 saturated heterocycles. The number of nitrogens with zero attached hydrogens (tertiary/aromatic N) is 3. The highest BCUT2D eigenvalue weighted by Gasteiger charge is 2.30. The van der Waals surface area contributed by atoms with Crippen LogP contribution in [0, 0.1) is 11.3 Å². The summed E-state index contributed by atoms with van der Waals surface area (Å²) in [4.78, 5) is 9.30. The maximum atomic E-state index is 4.45. The third kappa shape index (κ3) is 5.93. The number of likely N-dealkylation sites (tertiary alicyclic amines) is 2. The van der Waals surface area contributed by atoms with Gasteiger partial charge in [-0.3, -0.25) is 4.99 Å². The fourth-order valence-electron chi connectivity index (χ4n) is 3.36. The SMILES string of the molecule is CN=C(NCCC1CCN(C)CC1)N1CCC(C)(C)C1.I. The third-order valence-corrected chi connectivity index (χ3v) is 4.86. The standard InChI is InChI=1S/C16H32N4.HI/c1-16(2)8-12-20(13-16)15(17-3)18-9-5-14-6-10-19(4)11-7-14;/h14H,5-13H2,1-4H3,(H,17,18);1H. The maximum Gasteiger partial charge on any atom is 0.193 e. The minimum Gasteiger partial charge on any atom is -0.356 e. The largest absolute Gasteiger partial charge is 0.356 e. The van der Waals surface area contributed by atoms with Crippen LogP contribution in [0.25, 0.3) is 0 Å². The van der Waals surface area contributed by atoms with Crippen molar-refractivity contribution in [3.63, 3.8) is 0 Å². The van der Waals surface area contributed by atoms with E-state index in [9.17, 15) is 0 Å². The summed E-state index contributed by atoms with van der Waals surface area (Å²) in [6.07, 6.45) is 5.26. The summed E-state index contributed by atoms with van der Waals surface area (Å²) in [6, 6.07) is 0. The smallest absolute Gasteiger partial charge is 0.193 e. The lowest BCUT2D eigenvalue weighted by atomic mass is 9.93. The predicted molar refractivity (Wildman–Crippen MR) is 102 cm³/mol. The zero-order valence-corrected chi connectivity index (χ0v) is 16.5. The second-order valence-electron chi connectivity index (χ2n) is 7.35. The van der Waals surface area contributed by atoms with Crippen molar-refractivity contribution < 1.29 is 0 Å². The molecule has 0 aromatic rings. The Morgan fingerprint density at radius 1 is 1.24 bits per heavy atom. The van der Waals surface area contributed by atoms with Crippen LogP contribution in [-0.4, -0.2) is 62.6 Å². The Bertz CT molecular complexity index is 335. The summed E-state index contributed by atoms with van der Waals surface area (Å²) < 4.78 is 0. The lowest BCUT2D eigenvalue weighted by Crippen LogP contribution is -2.41. The van der Waals surface area contributed by atoms with E-state index in [0.717, 1.165) is 31.5 Å². The molecule has 0 radical (unpaired) electrons. The van der Waals surface area contributed by atoms with Crippen LogP contribution in [0.3, 0.4) is 0 Å². The van der Waals surface area contributed by atoms with Gasteiger partial charge < -0.3 is 15.1 Å². The topological polar surface area (TPSA) is 30.9 Å². The monoisotopic (exact) mass is 408 g/mol. The Labute approximate surface area is 147 Å². The van der Waals surface area contributed by atoms with E-state index in [-0.39, 0.29) is 24.0 Å². The van der Waals surface area contributed by atoms with Gasteiger partial charge in [0.05, 0.1) is 0 Å². The molecule has 5 heteroatoms. The molecule has 4 nitrogen and oxygen atoms in total. The molecule has 0 saturated carbocycles. The quantitative estimate of drug-likeness (QED) is 0.443. The molecule has 1 N–H and O–H groups in total. The van der Waals surface area contributed by atoms with Crippen molar-refractivity contribution in [3.8, 4) is 0 Å². The number of piperidine rings is 1. The minimum absolute atomic E-state index is 0. The molecule has 0 amide bonds. The highest BCUT2D eigenvalue weighted by Crippen LogP contribution is 2.28. The molecule has 0 aliphatic carbocycles. The van der Waals surface area contributed by atoms with Gasteiger partial charge in [-0.2, -0.15) is 0 Å². The van der Waals surface area contributed by atoms with Crippen LogP contribution in [0.5, 0.6) is 0 Å². The minimum atomic E-state index is 0. The van der Waals surface area contributed by atoms with Crippen LogP contribution in [0.4, 0.5) is 0 Å². The third-order valence-electron chi connectivity index (χ3n) is 4.86. The first kappa shape index (κ1) is 19.0. The van der Waals surface area contributed by atoms with Gasteiger partial charge in [-0.15, -0.1) is 24.0 Å². The second kappa shape index (κ2) is 8.56. The predicted octanol–water partition coefficient (Wildman–Crippen LogP) is 2.64. The van der Waals surface area contributed by atoms with E-state index >= 15 is 0 Å². The van der Waals surface area contributed by atoms with Crippen molar-refractivity contribution in [1.82, 2.24) is 15.1 Å². The van der Waals surface area contributed by atoms with Gasteiger partial charge in [0.2, 0.25) is 0 Å². The van der Waals surface area contributed by atoms with E-state index in [2.05, 4.69) is 41.0 Å². The molecular formula is C16H33IN4. The van der Waals surface area contributed by atoms with E-state index in [1.54, 1.807) is 0 Å². The Balaban J connectivity index is 0.00000220. The van der Waals surface area contributed by atoms with Crippen molar-refractivity contribution in [2.24, 2.45) is 16.3 Å². The van der Waals surface area contributed by atoms with Crippen molar-refractivity contribution in [3.05, 3.63) is 0 Å². The van der Waals surface area contributed by atoms with Gasteiger partial charge in [0.15, 0.2) is 5.96 Å². The van der Waals surface area contributed by atoms with Crippen molar-refractivity contribution in [2.75, 3.05) is 46.8 Å². The first-order valence-corrected chi connectivity index (χ1v) is 8.14. The highest BCUT2D eigenvalue weighted by atomic mass is 127. The average Bonchev–Trinajstić information content (AvgIpc) is 2.77. The Morgan fingerprint density at radius 3 is 2.43 bits per heavy atom. The fourth-order valence-corrected chi connectivity index (χ4v) is 3.36. The molecule has 2 heterocycles. The van der Waals surface area contributed by atoms with Crippen molar-refractivity contribution in [2.45, 2.75) is 39.5 Å². The average molecular weight is 408 g/mol. The molecule has 2 aliphatic heterocycles. The first-order valence-electron chi connectivity index (χ1n) is 8.14. The van der Waals surface area contributed by atoms with E-state index in [1.165, 1.54) is 38.8 Å². The summed E-state index contributed by atoms with van der Waals surface area (Å²) in [5, 5.41) is 3.57. The summed E-state index contributed by atoms with van der Waals surface area (Å²) >= 11 is 0. The Morgan fingerprint density at radius 2 is 1.90 bits per heavy atom. The van der Waals surface area contributed by atoms with Gasteiger partial charge in [0.1, 0.15) is 0 Å². The molecule has 0 bridgehead atoms. The van der Waals surface area contributed by atoms with Crippen molar-refractivity contribution >= 4 is 29.9 Å². The molecule has 0 aromatic heterocycles. The zero-order chi connectivity index (χ0) is 14.6. The molecule has 0 aromatic carbocycles. The number of hydrogen-bond acceptors (Lipinski definition) is 2. The van der Waals surface area contributed by atoms with Gasteiger partial charge in [-0.05, 0) is 57.2 Å². The molecule has 2 fully saturated rings. The molecule has 21 heavy (non-hydrogen) atoms. The van der Waals surface area contributed by atoms with E-state index < -0.39 is 0 Å². The lowest BCUT2D eigenvalue weighted by molar-refractivity contribution is 0.212. The highest BCUT2D eigenvalue weighted by molar-refractivity contribution is 14.0. The normalized spacial score (nSPS) is 24.0. The second-order valence-corrected chi connectivity index (χ2v) is 7.35. The van der Waals surface area contributed by atoms with Gasteiger partial charge >= 0.3 is 0 Å². The van der Waals surface area contributed by atoms with Crippen LogP contribution in [0.2, 0.25) is 0 Å². The molecule has 2 aliphatic rings. The number of hydrogen-bond donors (Lipinski definition) is 1. The Kier molecular flexibility index (Phi) is 7.74. The van der Waals surface area contributed by atoms with Crippen LogP contribution >= 0.6 is 24.0 Å². The van der Waals surface area contributed by atoms with E-state index in [4.69, 9.17) is 0 Å². The van der Waals surface area contributed by atoms with Gasteiger partial charge in [-0.1, -0.05) is 13.8 Å². The van der Waals surface area contributed by atoms with Crippen LogP contribution < -0.4 is 5.32 Å². The van der Waals surface area contributed by atoms with Crippen LogP contribution in [-0.2, 0) is 0 Å². The molecule has 124 valence electrons. The molecule has 0 unspecified atom stereocenters. The van der Waals surface area contributed by atoms with Crippen LogP contribution in [0.1, 0.15) is 39.5 Å². The van der Waals surface area contributed by atoms with E-state index in [1.807, 2.05) is 7.05 Å². The number of aliphatic imine (C=N–C) groups is 1. The number of halogens is 1. The summed E-state index contributed by atoms with van der Waals surface area (Å²) in [5.74, 6) is 2.00. The number of rotatable bonds is 3. The molecule has 2 rings (SSSR count). The number of guanidine groups is 1. The fraction of sp³-hybridized carbons (Fsp3) is 0.938. The number of nitrogens with one attached hydrogen (secondary N) is 1. The molecule has 0 spiro atoms.